The number of aromatic nitrogens is 2. The van der Waals surface area contributed by atoms with Crippen LogP contribution in [0.2, 0.25) is 0 Å². The molecular formula is C13H11N3O3. The summed E-state index contributed by atoms with van der Waals surface area (Å²) in [6, 6.07) is 8.98. The van der Waals surface area contributed by atoms with Crippen LogP contribution < -0.4 is 10.5 Å². The molecule has 19 heavy (non-hydrogen) atoms. The second-order valence-electron chi connectivity index (χ2n) is 3.85. The maximum atomic E-state index is 5.76. The second kappa shape index (κ2) is 4.85. The summed E-state index contributed by atoms with van der Waals surface area (Å²) in [6.07, 6.45) is 3.09. The maximum Gasteiger partial charge on any atom is 0.264 e. The summed E-state index contributed by atoms with van der Waals surface area (Å²) in [4.78, 5) is 4.19. The molecule has 1 aromatic carbocycles. The lowest BCUT2D eigenvalue weighted by molar-refractivity contribution is 0.244. The molecule has 0 aliphatic heterocycles. The lowest BCUT2D eigenvalue weighted by Gasteiger charge is -2.05. The van der Waals surface area contributed by atoms with Gasteiger partial charge in [0.1, 0.15) is 12.0 Å². The SMILES string of the molecule is Nc1ccccc1OCc1nc(-c2ccoc2)no1. The zero-order valence-corrected chi connectivity index (χ0v) is 9.95. The van der Waals surface area contributed by atoms with Crippen molar-refractivity contribution in [2.45, 2.75) is 6.61 Å². The van der Waals surface area contributed by atoms with E-state index in [-0.39, 0.29) is 6.61 Å². The van der Waals surface area contributed by atoms with Crippen molar-refractivity contribution >= 4 is 5.69 Å². The van der Waals surface area contributed by atoms with Crippen LogP contribution in [0.1, 0.15) is 5.89 Å². The minimum absolute atomic E-state index is 0.166. The number of hydrogen-bond donors (Lipinski definition) is 1. The number of furan rings is 1. The molecule has 0 saturated carbocycles. The third kappa shape index (κ3) is 2.42. The number of rotatable bonds is 4. The van der Waals surface area contributed by atoms with Crippen LogP contribution in [0.25, 0.3) is 11.4 Å². The van der Waals surface area contributed by atoms with Gasteiger partial charge in [-0.2, -0.15) is 4.98 Å². The highest BCUT2D eigenvalue weighted by atomic mass is 16.5. The number of ether oxygens (including phenoxy) is 1. The van der Waals surface area contributed by atoms with Gasteiger partial charge in [-0.05, 0) is 18.2 Å². The first kappa shape index (κ1) is 11.3. The number of hydrogen-bond acceptors (Lipinski definition) is 6. The number of para-hydroxylation sites is 2. The quantitative estimate of drug-likeness (QED) is 0.722. The van der Waals surface area contributed by atoms with Gasteiger partial charge in [0.25, 0.3) is 5.89 Å². The van der Waals surface area contributed by atoms with Crippen LogP contribution in [0, 0.1) is 0 Å². The summed E-state index contributed by atoms with van der Waals surface area (Å²) in [5, 5.41) is 3.84. The molecule has 2 N–H and O–H groups in total. The van der Waals surface area contributed by atoms with Crippen molar-refractivity contribution in [2.75, 3.05) is 5.73 Å². The molecule has 0 aliphatic carbocycles. The van der Waals surface area contributed by atoms with Crippen molar-refractivity contribution in [3.63, 3.8) is 0 Å². The Labute approximate surface area is 108 Å². The molecule has 0 saturated heterocycles. The van der Waals surface area contributed by atoms with E-state index < -0.39 is 0 Å². The van der Waals surface area contributed by atoms with Crippen molar-refractivity contribution in [3.05, 3.63) is 48.7 Å². The average Bonchev–Trinajstić information content (AvgIpc) is 3.09. The summed E-state index contributed by atoms with van der Waals surface area (Å²) >= 11 is 0. The smallest absolute Gasteiger partial charge is 0.264 e. The Kier molecular flexibility index (Phi) is 2.89. The van der Waals surface area contributed by atoms with E-state index in [4.69, 9.17) is 19.4 Å². The molecule has 2 heterocycles. The summed E-state index contributed by atoms with van der Waals surface area (Å²) in [6.45, 7) is 0.166. The minimum atomic E-state index is 0.166. The van der Waals surface area contributed by atoms with Crippen molar-refractivity contribution in [1.29, 1.82) is 0 Å². The van der Waals surface area contributed by atoms with Crippen LogP contribution in [-0.2, 0) is 6.61 Å². The fraction of sp³-hybridized carbons (Fsp3) is 0.0769. The molecule has 2 aromatic heterocycles. The van der Waals surface area contributed by atoms with Crippen molar-refractivity contribution in [3.8, 4) is 17.1 Å². The molecule has 6 nitrogen and oxygen atoms in total. The van der Waals surface area contributed by atoms with Gasteiger partial charge >= 0.3 is 0 Å². The zero-order chi connectivity index (χ0) is 13.1. The van der Waals surface area contributed by atoms with E-state index in [1.807, 2.05) is 12.1 Å². The summed E-state index contributed by atoms with van der Waals surface area (Å²) in [5.74, 6) is 1.43. The van der Waals surface area contributed by atoms with Gasteiger partial charge in [0.05, 0.1) is 17.5 Å². The lowest BCUT2D eigenvalue weighted by Crippen LogP contribution is -1.98. The monoisotopic (exact) mass is 257 g/mol. The highest BCUT2D eigenvalue weighted by Crippen LogP contribution is 2.21. The van der Waals surface area contributed by atoms with Gasteiger partial charge in [0.15, 0.2) is 6.61 Å². The largest absolute Gasteiger partial charge is 0.482 e. The normalized spacial score (nSPS) is 10.5. The van der Waals surface area contributed by atoms with Gasteiger partial charge in [-0.15, -0.1) is 0 Å². The van der Waals surface area contributed by atoms with Crippen LogP contribution in [0.5, 0.6) is 5.75 Å². The van der Waals surface area contributed by atoms with E-state index in [0.29, 0.717) is 23.2 Å². The molecule has 0 fully saturated rings. The van der Waals surface area contributed by atoms with E-state index in [2.05, 4.69) is 10.1 Å². The molecule has 0 amide bonds. The number of nitrogen functional groups attached to an aromatic ring is 1. The Balaban J connectivity index is 1.70. The summed E-state index contributed by atoms with van der Waals surface area (Å²) in [7, 11) is 0. The fourth-order valence-corrected chi connectivity index (χ4v) is 1.57. The van der Waals surface area contributed by atoms with Crippen LogP contribution in [0.15, 0.2) is 51.8 Å². The Morgan fingerprint density at radius 2 is 2.11 bits per heavy atom. The standard InChI is InChI=1S/C13H11N3O3/c14-10-3-1-2-4-11(10)18-8-12-15-13(16-19-12)9-5-6-17-7-9/h1-7H,8,14H2. The number of nitrogens with zero attached hydrogens (tertiary/aromatic N) is 2. The van der Waals surface area contributed by atoms with Crippen molar-refractivity contribution in [2.24, 2.45) is 0 Å². The summed E-state index contributed by atoms with van der Waals surface area (Å²) in [5.41, 5.74) is 7.09. The molecule has 6 heteroatoms. The lowest BCUT2D eigenvalue weighted by atomic mass is 10.3. The fourth-order valence-electron chi connectivity index (χ4n) is 1.57. The van der Waals surface area contributed by atoms with E-state index >= 15 is 0 Å². The first-order valence-corrected chi connectivity index (χ1v) is 5.65. The highest BCUT2D eigenvalue weighted by Gasteiger charge is 2.10. The Morgan fingerprint density at radius 3 is 2.89 bits per heavy atom. The van der Waals surface area contributed by atoms with Gasteiger partial charge in [-0.1, -0.05) is 17.3 Å². The topological polar surface area (TPSA) is 87.3 Å². The molecule has 0 bridgehead atoms. The average molecular weight is 257 g/mol. The Morgan fingerprint density at radius 1 is 1.21 bits per heavy atom. The molecular weight excluding hydrogens is 246 g/mol. The van der Waals surface area contributed by atoms with Crippen molar-refractivity contribution < 1.29 is 13.7 Å². The molecule has 0 aliphatic rings. The number of benzene rings is 1. The van der Waals surface area contributed by atoms with E-state index in [1.165, 1.54) is 0 Å². The molecule has 3 aromatic rings. The predicted octanol–water partition coefficient (Wildman–Crippen LogP) is 2.49. The maximum absolute atomic E-state index is 5.76. The Bertz CT molecular complexity index is 661. The third-order valence-corrected chi connectivity index (χ3v) is 2.52. The van der Waals surface area contributed by atoms with Gasteiger partial charge in [-0.3, -0.25) is 0 Å². The molecule has 0 atom stereocenters. The number of anilines is 1. The van der Waals surface area contributed by atoms with Crippen LogP contribution in [0.4, 0.5) is 5.69 Å². The Hall–Kier alpha value is -2.76. The van der Waals surface area contributed by atoms with E-state index in [0.717, 1.165) is 5.56 Å². The molecule has 0 unspecified atom stereocenters. The highest BCUT2D eigenvalue weighted by molar-refractivity contribution is 5.52. The van der Waals surface area contributed by atoms with Crippen LogP contribution in [-0.4, -0.2) is 10.1 Å². The van der Waals surface area contributed by atoms with Crippen LogP contribution >= 0.6 is 0 Å². The van der Waals surface area contributed by atoms with Gasteiger partial charge in [0, 0.05) is 0 Å². The first-order chi connectivity index (χ1) is 9.33. The predicted molar refractivity (Wildman–Crippen MR) is 67.2 cm³/mol. The first-order valence-electron chi connectivity index (χ1n) is 5.65. The van der Waals surface area contributed by atoms with Crippen LogP contribution in [0.3, 0.4) is 0 Å². The second-order valence-corrected chi connectivity index (χ2v) is 3.85. The molecule has 0 radical (unpaired) electrons. The molecule has 96 valence electrons. The summed E-state index contributed by atoms with van der Waals surface area (Å²) < 4.78 is 15.5. The molecule has 3 rings (SSSR count). The number of nitrogens with two attached hydrogens (primary N) is 1. The van der Waals surface area contributed by atoms with Crippen molar-refractivity contribution in [1.82, 2.24) is 10.1 Å². The van der Waals surface area contributed by atoms with E-state index in [9.17, 15) is 0 Å². The van der Waals surface area contributed by atoms with Gasteiger partial charge in [0.2, 0.25) is 5.82 Å². The van der Waals surface area contributed by atoms with Gasteiger partial charge < -0.3 is 19.4 Å². The zero-order valence-electron chi connectivity index (χ0n) is 9.95. The van der Waals surface area contributed by atoms with E-state index in [1.54, 1.807) is 30.7 Å². The minimum Gasteiger partial charge on any atom is -0.482 e. The third-order valence-electron chi connectivity index (χ3n) is 2.52. The van der Waals surface area contributed by atoms with Gasteiger partial charge in [-0.25, -0.2) is 0 Å². The molecule has 0 spiro atoms.